The zero-order chi connectivity index (χ0) is 13.0. The maximum Gasteiger partial charge on any atom is 0.322 e. The lowest BCUT2D eigenvalue weighted by Gasteiger charge is -2.19. The number of methoxy groups -OCH3 is 1. The predicted molar refractivity (Wildman–Crippen MR) is 62.8 cm³/mol. The monoisotopic (exact) mass is 239 g/mol. The number of ether oxygens (including phenoxy) is 1. The Labute approximate surface area is 100 Å². The van der Waals surface area contributed by atoms with Crippen molar-refractivity contribution in [2.24, 2.45) is 0 Å². The molecule has 0 aliphatic rings. The lowest BCUT2D eigenvalue weighted by atomic mass is 10.1. The lowest BCUT2D eigenvalue weighted by molar-refractivity contribution is -0.142. The molecule has 0 aromatic heterocycles. The fourth-order valence-corrected chi connectivity index (χ4v) is 1.60. The van der Waals surface area contributed by atoms with Gasteiger partial charge in [-0.25, -0.2) is 0 Å². The van der Waals surface area contributed by atoms with Gasteiger partial charge in [-0.3, -0.25) is 10.1 Å². The topological polar surface area (TPSA) is 78.8 Å². The van der Waals surface area contributed by atoms with E-state index in [4.69, 9.17) is 0 Å². The SMILES string of the molecule is COC(=O)C(C)NC(C)c1cc(O)ccc1O. The molecule has 0 aliphatic carbocycles. The van der Waals surface area contributed by atoms with Gasteiger partial charge in [0, 0.05) is 11.6 Å². The highest BCUT2D eigenvalue weighted by atomic mass is 16.5. The Morgan fingerprint density at radius 2 is 2.00 bits per heavy atom. The molecule has 3 N–H and O–H groups in total. The summed E-state index contributed by atoms with van der Waals surface area (Å²) in [4.78, 5) is 11.2. The van der Waals surface area contributed by atoms with E-state index in [1.807, 2.05) is 0 Å². The summed E-state index contributed by atoms with van der Waals surface area (Å²) in [5.74, 6) is -0.242. The summed E-state index contributed by atoms with van der Waals surface area (Å²) in [6.07, 6.45) is 0. The summed E-state index contributed by atoms with van der Waals surface area (Å²) in [7, 11) is 1.32. The van der Waals surface area contributed by atoms with Crippen LogP contribution < -0.4 is 5.32 Å². The van der Waals surface area contributed by atoms with Crippen molar-refractivity contribution in [3.63, 3.8) is 0 Å². The third kappa shape index (κ3) is 3.35. The molecule has 0 radical (unpaired) electrons. The van der Waals surface area contributed by atoms with E-state index < -0.39 is 6.04 Å². The second-order valence-electron chi connectivity index (χ2n) is 3.88. The quantitative estimate of drug-likeness (QED) is 0.545. The van der Waals surface area contributed by atoms with Crippen molar-refractivity contribution in [2.45, 2.75) is 25.9 Å². The standard InChI is InChI=1S/C12H17NO4/c1-7(13-8(2)12(16)17-3)10-6-9(14)4-5-11(10)15/h4-8,13-15H,1-3H3. The molecular weight excluding hydrogens is 222 g/mol. The molecule has 1 aromatic carbocycles. The number of carbonyl (C=O) groups excluding carboxylic acids is 1. The number of hydrogen-bond donors (Lipinski definition) is 3. The van der Waals surface area contributed by atoms with E-state index in [9.17, 15) is 15.0 Å². The van der Waals surface area contributed by atoms with Gasteiger partial charge in [0.1, 0.15) is 17.5 Å². The van der Waals surface area contributed by atoms with Crippen molar-refractivity contribution in [3.05, 3.63) is 23.8 Å². The van der Waals surface area contributed by atoms with E-state index >= 15 is 0 Å². The van der Waals surface area contributed by atoms with Gasteiger partial charge in [0.05, 0.1) is 7.11 Å². The van der Waals surface area contributed by atoms with Gasteiger partial charge < -0.3 is 14.9 Å². The van der Waals surface area contributed by atoms with Gasteiger partial charge in [-0.15, -0.1) is 0 Å². The average Bonchev–Trinajstić information content (AvgIpc) is 2.30. The first-order valence-electron chi connectivity index (χ1n) is 5.31. The van der Waals surface area contributed by atoms with Crippen LogP contribution in [0.5, 0.6) is 11.5 Å². The number of rotatable bonds is 4. The second-order valence-corrected chi connectivity index (χ2v) is 3.88. The first kappa shape index (κ1) is 13.3. The number of phenolic OH excluding ortho intramolecular Hbond substituents is 2. The van der Waals surface area contributed by atoms with Gasteiger partial charge in [0.2, 0.25) is 0 Å². The van der Waals surface area contributed by atoms with Crippen LogP contribution in [-0.4, -0.2) is 29.3 Å². The van der Waals surface area contributed by atoms with Crippen LogP contribution in [0.25, 0.3) is 0 Å². The second kappa shape index (κ2) is 5.54. The third-order valence-electron chi connectivity index (χ3n) is 2.53. The highest BCUT2D eigenvalue weighted by Gasteiger charge is 2.18. The normalized spacial score (nSPS) is 14.1. The van der Waals surface area contributed by atoms with Crippen molar-refractivity contribution in [1.82, 2.24) is 5.32 Å². The molecule has 5 heteroatoms. The molecule has 2 atom stereocenters. The van der Waals surface area contributed by atoms with Gasteiger partial charge in [0.25, 0.3) is 0 Å². The van der Waals surface area contributed by atoms with Gasteiger partial charge >= 0.3 is 5.97 Å². The summed E-state index contributed by atoms with van der Waals surface area (Å²) in [6, 6.07) is 3.49. The first-order chi connectivity index (χ1) is 7.95. The summed E-state index contributed by atoms with van der Waals surface area (Å²) < 4.78 is 4.59. The Kier molecular flexibility index (Phi) is 4.34. The van der Waals surface area contributed by atoms with Gasteiger partial charge in [-0.05, 0) is 32.0 Å². The van der Waals surface area contributed by atoms with Gasteiger partial charge in [-0.1, -0.05) is 0 Å². The largest absolute Gasteiger partial charge is 0.508 e. The van der Waals surface area contributed by atoms with Crippen LogP contribution >= 0.6 is 0 Å². The fourth-order valence-electron chi connectivity index (χ4n) is 1.60. The first-order valence-corrected chi connectivity index (χ1v) is 5.31. The van der Waals surface area contributed by atoms with Crippen molar-refractivity contribution < 1.29 is 19.7 Å². The molecule has 0 amide bonds. The van der Waals surface area contributed by atoms with Crippen molar-refractivity contribution >= 4 is 5.97 Å². The number of nitrogens with one attached hydrogen (secondary N) is 1. The van der Waals surface area contributed by atoms with Crippen molar-refractivity contribution in [2.75, 3.05) is 7.11 Å². The highest BCUT2D eigenvalue weighted by Crippen LogP contribution is 2.27. The molecule has 1 rings (SSSR count). The van der Waals surface area contributed by atoms with Crippen LogP contribution in [-0.2, 0) is 9.53 Å². The molecular formula is C12H17NO4. The molecule has 0 aliphatic heterocycles. The Bertz CT molecular complexity index is 405. The zero-order valence-electron chi connectivity index (χ0n) is 10.1. The molecule has 1 aromatic rings. The predicted octanol–water partition coefficient (Wildman–Crippen LogP) is 1.31. The summed E-state index contributed by atoms with van der Waals surface area (Å²) in [5, 5.41) is 22.0. The van der Waals surface area contributed by atoms with Crippen LogP contribution in [0.1, 0.15) is 25.5 Å². The Balaban J connectivity index is 2.79. The number of carbonyl (C=O) groups is 1. The zero-order valence-corrected chi connectivity index (χ0v) is 10.1. The minimum atomic E-state index is -0.489. The fraction of sp³-hybridized carbons (Fsp3) is 0.417. The molecule has 17 heavy (non-hydrogen) atoms. The molecule has 0 fully saturated rings. The van der Waals surface area contributed by atoms with Crippen molar-refractivity contribution in [1.29, 1.82) is 0 Å². The minimum absolute atomic E-state index is 0.0668. The van der Waals surface area contributed by atoms with Crippen LogP contribution in [0.3, 0.4) is 0 Å². The summed E-state index contributed by atoms with van der Waals surface area (Å²) >= 11 is 0. The Morgan fingerprint density at radius 1 is 1.35 bits per heavy atom. The van der Waals surface area contributed by atoms with E-state index in [1.165, 1.54) is 25.3 Å². The molecule has 2 unspecified atom stereocenters. The van der Waals surface area contributed by atoms with Gasteiger partial charge in [0.15, 0.2) is 0 Å². The Hall–Kier alpha value is -1.75. The number of hydrogen-bond acceptors (Lipinski definition) is 5. The van der Waals surface area contributed by atoms with E-state index in [-0.39, 0.29) is 23.5 Å². The van der Waals surface area contributed by atoms with Crippen LogP contribution in [0, 0.1) is 0 Å². The Morgan fingerprint density at radius 3 is 2.59 bits per heavy atom. The van der Waals surface area contributed by atoms with E-state index in [1.54, 1.807) is 13.8 Å². The molecule has 5 nitrogen and oxygen atoms in total. The smallest absolute Gasteiger partial charge is 0.322 e. The lowest BCUT2D eigenvalue weighted by Crippen LogP contribution is -2.36. The number of esters is 1. The molecule has 0 saturated heterocycles. The molecule has 0 bridgehead atoms. The van der Waals surface area contributed by atoms with Gasteiger partial charge in [-0.2, -0.15) is 0 Å². The molecule has 0 saturated carbocycles. The molecule has 0 spiro atoms. The van der Waals surface area contributed by atoms with Crippen LogP contribution in [0.4, 0.5) is 0 Å². The summed E-state index contributed by atoms with van der Waals surface area (Å²) in [5.41, 5.74) is 0.528. The maximum atomic E-state index is 11.2. The number of aromatic hydroxyl groups is 2. The van der Waals surface area contributed by atoms with E-state index in [2.05, 4.69) is 10.1 Å². The van der Waals surface area contributed by atoms with E-state index in [0.29, 0.717) is 5.56 Å². The minimum Gasteiger partial charge on any atom is -0.508 e. The highest BCUT2D eigenvalue weighted by molar-refractivity contribution is 5.75. The van der Waals surface area contributed by atoms with E-state index in [0.717, 1.165) is 0 Å². The number of phenols is 2. The molecule has 94 valence electrons. The summed E-state index contributed by atoms with van der Waals surface area (Å²) in [6.45, 7) is 3.45. The van der Waals surface area contributed by atoms with Crippen LogP contribution in [0.2, 0.25) is 0 Å². The maximum absolute atomic E-state index is 11.2. The molecule has 0 heterocycles. The van der Waals surface area contributed by atoms with Crippen LogP contribution in [0.15, 0.2) is 18.2 Å². The number of benzene rings is 1. The third-order valence-corrected chi connectivity index (χ3v) is 2.53. The van der Waals surface area contributed by atoms with Crippen molar-refractivity contribution in [3.8, 4) is 11.5 Å². The average molecular weight is 239 g/mol.